The molecule has 0 radical (unpaired) electrons. The maximum Gasteiger partial charge on any atom is 0.281 e. The Hall–Kier alpha value is -7.44. The number of phenols is 1. The number of ether oxygens (including phenoxy) is 3. The summed E-state index contributed by atoms with van der Waals surface area (Å²) in [6.45, 7) is 5.65. The number of anilines is 1. The van der Waals surface area contributed by atoms with Crippen molar-refractivity contribution in [3.05, 3.63) is 119 Å². The quantitative estimate of drug-likeness (QED) is 0.0143. The molecule has 0 bridgehead atoms. The number of amides is 4. The van der Waals surface area contributed by atoms with Crippen molar-refractivity contribution >= 4 is 64.1 Å². The van der Waals surface area contributed by atoms with Crippen LogP contribution < -0.4 is 27.4 Å². The van der Waals surface area contributed by atoms with Crippen molar-refractivity contribution in [2.75, 3.05) is 58.5 Å². The number of amidine groups is 1. The molecule has 4 aromatic carbocycles. The molecule has 0 spiro atoms. The smallest absolute Gasteiger partial charge is 0.281 e. The zero-order valence-electron chi connectivity index (χ0n) is 35.9. The van der Waals surface area contributed by atoms with Gasteiger partial charge in [0.15, 0.2) is 0 Å². The fourth-order valence-electron chi connectivity index (χ4n) is 6.16. The third-order valence-electron chi connectivity index (χ3n) is 9.49. The Labute approximate surface area is 370 Å². The number of nitrogens with one attached hydrogen (secondary N) is 3. The summed E-state index contributed by atoms with van der Waals surface area (Å²) in [4.78, 5) is 58.4. The topological polar surface area (TPSA) is 259 Å². The van der Waals surface area contributed by atoms with Crippen molar-refractivity contribution in [2.24, 2.45) is 26.7 Å². The van der Waals surface area contributed by atoms with Gasteiger partial charge in [-0.3, -0.25) is 24.5 Å². The molecule has 8 N–H and O–H groups in total. The van der Waals surface area contributed by atoms with Gasteiger partial charge in [-0.15, -0.1) is 5.11 Å². The largest absolute Gasteiger partial charge is 0.506 e. The van der Waals surface area contributed by atoms with E-state index < -0.39 is 11.8 Å². The Morgan fingerprint density at radius 2 is 1.55 bits per heavy atom. The first kappa shape index (κ1) is 47.6. The molecule has 0 aliphatic rings. The fraction of sp³-hybridized carbons (Fsp3) is 0.304. The van der Waals surface area contributed by atoms with Gasteiger partial charge >= 0.3 is 0 Å². The maximum absolute atomic E-state index is 13.0. The van der Waals surface area contributed by atoms with Gasteiger partial charge in [-0.2, -0.15) is 5.11 Å². The lowest BCUT2D eigenvalue weighted by Crippen LogP contribution is -2.25. The van der Waals surface area contributed by atoms with Crippen molar-refractivity contribution in [1.82, 2.24) is 20.2 Å². The number of nitrogens with two attached hydrogens (primary N) is 2. The number of benzene rings is 4. The van der Waals surface area contributed by atoms with Crippen molar-refractivity contribution < 1.29 is 38.5 Å². The summed E-state index contributed by atoms with van der Waals surface area (Å²) in [7, 11) is 1.45. The summed E-state index contributed by atoms with van der Waals surface area (Å²) < 4.78 is 18.0. The zero-order chi connectivity index (χ0) is 45.7. The van der Waals surface area contributed by atoms with Gasteiger partial charge in [0, 0.05) is 62.2 Å². The first-order valence-electron chi connectivity index (χ1n) is 20.8. The van der Waals surface area contributed by atoms with E-state index in [1.165, 1.54) is 19.3 Å². The molecule has 5 aromatic rings. The number of aryl methyl sites for hydroxylation is 1. The minimum atomic E-state index is -0.621. The molecule has 18 nitrogen and oxygen atoms in total. The number of primary amides is 1. The number of azo groups is 1. The summed E-state index contributed by atoms with van der Waals surface area (Å²) in [6, 6.07) is 23.6. The molecule has 64 heavy (non-hydrogen) atoms. The minimum Gasteiger partial charge on any atom is -0.506 e. The lowest BCUT2D eigenvalue weighted by Gasteiger charge is -2.09. The molecule has 0 atom stereocenters. The standard InChI is InChI=1S/C46H54N10O8/c1-3-23-56-39-16-9-31(28-37(39)52-46(56)53-44(61)35-8-4-7-34(30-35)42(47)59)11-18-41(58)49-20-5-24-63-26-27-64-25-6-21-50-43(60)33-12-14-36(15-13-33)54-55-38-29-32(10-17-40(38)57)19-22-51-45(48)62-2/h4,7-18,28-30,57H,3,5-6,19-27H2,1-2H3,(H2,47,59)(H2,48,51)(H,49,58)(H,50,60)(H,52,53,61)/b18-11+,55-54?. The molecule has 0 aliphatic heterocycles. The van der Waals surface area contributed by atoms with E-state index in [0.717, 1.165) is 23.1 Å². The van der Waals surface area contributed by atoms with Crippen molar-refractivity contribution in [3.63, 3.8) is 0 Å². The van der Waals surface area contributed by atoms with Crippen LogP contribution in [-0.2, 0) is 32.0 Å². The van der Waals surface area contributed by atoms with Crippen LogP contribution in [0.3, 0.4) is 0 Å². The van der Waals surface area contributed by atoms with Crippen LogP contribution in [0.1, 0.15) is 68.4 Å². The Morgan fingerprint density at radius 1 is 0.812 bits per heavy atom. The predicted octanol–water partition coefficient (Wildman–Crippen LogP) is 5.79. The molecular weight excluding hydrogens is 821 g/mol. The first-order chi connectivity index (χ1) is 31.0. The van der Waals surface area contributed by atoms with Crippen LogP contribution in [-0.4, -0.2) is 97.5 Å². The fourth-order valence-corrected chi connectivity index (χ4v) is 6.16. The third kappa shape index (κ3) is 14.9. The number of methoxy groups -OCH3 is 1. The van der Waals surface area contributed by atoms with E-state index >= 15 is 0 Å². The molecule has 1 aromatic heterocycles. The van der Waals surface area contributed by atoms with Crippen LogP contribution in [0.4, 0.5) is 17.3 Å². The van der Waals surface area contributed by atoms with E-state index in [-0.39, 0.29) is 34.7 Å². The Morgan fingerprint density at radius 3 is 2.27 bits per heavy atom. The van der Waals surface area contributed by atoms with Gasteiger partial charge in [-0.05, 0) is 110 Å². The van der Waals surface area contributed by atoms with Crippen LogP contribution >= 0.6 is 0 Å². The van der Waals surface area contributed by atoms with Crippen molar-refractivity contribution in [1.29, 1.82) is 0 Å². The van der Waals surface area contributed by atoms with E-state index in [2.05, 4.69) is 36.2 Å². The summed E-state index contributed by atoms with van der Waals surface area (Å²) in [5, 5.41) is 27.1. The predicted molar refractivity (Wildman–Crippen MR) is 244 cm³/mol. The number of aliphatic imine (C=N–C) groups is 1. The van der Waals surface area contributed by atoms with Crippen molar-refractivity contribution in [2.45, 2.75) is 39.2 Å². The lowest BCUT2D eigenvalue weighted by atomic mass is 10.1. The Kier molecular flexibility index (Phi) is 18.5. The number of fused-ring (bicyclic) bond motifs is 1. The third-order valence-corrected chi connectivity index (χ3v) is 9.49. The monoisotopic (exact) mass is 874 g/mol. The Bertz CT molecular complexity index is 2460. The van der Waals surface area contributed by atoms with Crippen LogP contribution in [0.15, 0.2) is 106 Å². The summed E-state index contributed by atoms with van der Waals surface area (Å²) in [5.74, 6) is -1.14. The number of hydrogen-bond acceptors (Lipinski definition) is 12. The molecule has 1 heterocycles. The van der Waals surface area contributed by atoms with E-state index in [0.29, 0.717) is 100 Å². The highest BCUT2D eigenvalue weighted by Crippen LogP contribution is 2.29. The van der Waals surface area contributed by atoms with Gasteiger partial charge in [-0.25, -0.2) is 9.98 Å². The molecule has 18 heteroatoms. The van der Waals surface area contributed by atoms with Crippen molar-refractivity contribution in [3.8, 4) is 5.75 Å². The molecule has 0 saturated carbocycles. The van der Waals surface area contributed by atoms with Gasteiger partial charge in [0.05, 0.1) is 37.0 Å². The highest BCUT2D eigenvalue weighted by atomic mass is 16.5. The van der Waals surface area contributed by atoms with Gasteiger partial charge in [-0.1, -0.05) is 25.1 Å². The van der Waals surface area contributed by atoms with E-state index in [9.17, 15) is 24.3 Å². The maximum atomic E-state index is 13.0. The summed E-state index contributed by atoms with van der Waals surface area (Å²) in [6.07, 6.45) is 5.79. The van der Waals surface area contributed by atoms with Gasteiger partial charge in [0.25, 0.3) is 17.8 Å². The number of carbonyl (C=O) groups is 4. The number of rotatable bonds is 24. The highest BCUT2D eigenvalue weighted by Gasteiger charge is 2.16. The number of phenolic OH excluding ortho intramolecular Hbond substituents is 1. The van der Waals surface area contributed by atoms with E-state index in [1.807, 2.05) is 29.7 Å². The number of aromatic nitrogens is 2. The number of imidazole rings is 1. The van der Waals surface area contributed by atoms with Gasteiger partial charge in [0.2, 0.25) is 17.8 Å². The average Bonchev–Trinajstić information content (AvgIpc) is 3.63. The number of aromatic hydroxyl groups is 1. The molecule has 336 valence electrons. The van der Waals surface area contributed by atoms with Crippen LogP contribution in [0.5, 0.6) is 5.75 Å². The second kappa shape index (κ2) is 24.9. The molecule has 0 unspecified atom stereocenters. The molecular formula is C46H54N10O8. The minimum absolute atomic E-state index is 0.00934. The molecule has 5 rings (SSSR count). The molecule has 0 aliphatic carbocycles. The first-order valence-corrected chi connectivity index (χ1v) is 20.8. The van der Waals surface area contributed by atoms with E-state index in [4.69, 9.17) is 25.7 Å². The molecule has 0 saturated heterocycles. The van der Waals surface area contributed by atoms with Crippen LogP contribution in [0, 0.1) is 0 Å². The highest BCUT2D eigenvalue weighted by molar-refractivity contribution is 6.06. The number of carbonyl (C=O) groups excluding carboxylic acids is 4. The Balaban J connectivity index is 0.922. The van der Waals surface area contributed by atoms with E-state index in [1.54, 1.807) is 66.7 Å². The van der Waals surface area contributed by atoms with Gasteiger partial charge < -0.3 is 46.0 Å². The zero-order valence-corrected chi connectivity index (χ0v) is 35.9. The SMILES string of the molecule is CCCn1c(NC(=O)c2cccc(C(N)=O)c2)nc2cc(/C=C/C(=O)NCCCOCCOCCCNC(=O)c3ccc(N=Nc4cc(CCN=C(N)OC)ccc4O)cc3)ccc21. The lowest BCUT2D eigenvalue weighted by molar-refractivity contribution is -0.116. The molecule has 0 fully saturated rings. The average molecular weight is 875 g/mol. The summed E-state index contributed by atoms with van der Waals surface area (Å²) in [5.41, 5.74) is 15.9. The molecule has 4 amide bonds. The van der Waals surface area contributed by atoms with Gasteiger partial charge in [0.1, 0.15) is 11.4 Å². The van der Waals surface area contributed by atoms with Crippen LogP contribution in [0.2, 0.25) is 0 Å². The normalized spacial score (nSPS) is 11.6. The number of hydrogen-bond donors (Lipinski definition) is 6. The van der Waals surface area contributed by atoms with Crippen LogP contribution in [0.25, 0.3) is 17.1 Å². The number of nitrogens with zero attached hydrogens (tertiary/aromatic N) is 5. The summed E-state index contributed by atoms with van der Waals surface area (Å²) >= 11 is 0. The second-order valence-electron chi connectivity index (χ2n) is 14.3. The second-order valence-corrected chi connectivity index (χ2v) is 14.3.